The zero-order valence-electron chi connectivity index (χ0n) is 30.6. The lowest BCUT2D eigenvalue weighted by molar-refractivity contribution is 0.688. The zero-order valence-corrected chi connectivity index (χ0v) is 30.6. The maximum Gasteiger partial charge on any atom is 0.0633 e. The first-order valence-electron chi connectivity index (χ1n) is 19.6. The average molecular weight is 677 g/mol. The molecule has 2 heterocycles. The lowest BCUT2D eigenvalue weighted by atomic mass is 9.79. The molecule has 2 atom stereocenters. The van der Waals surface area contributed by atoms with Crippen molar-refractivity contribution in [3.05, 3.63) is 173 Å². The molecule has 2 aliphatic carbocycles. The smallest absolute Gasteiger partial charge is 0.0633 e. The van der Waals surface area contributed by atoms with Gasteiger partial charge in [-0.1, -0.05) is 124 Å². The molecule has 0 radical (unpaired) electrons. The summed E-state index contributed by atoms with van der Waals surface area (Å²) in [6.07, 6.45) is 19.1. The molecule has 1 aliphatic heterocycles. The van der Waals surface area contributed by atoms with Gasteiger partial charge in [0.25, 0.3) is 0 Å². The molecule has 6 aromatic rings. The van der Waals surface area contributed by atoms with E-state index in [2.05, 4.69) is 169 Å². The van der Waals surface area contributed by atoms with Gasteiger partial charge in [0.2, 0.25) is 0 Å². The van der Waals surface area contributed by atoms with Crippen LogP contribution in [0.5, 0.6) is 0 Å². The fraction of sp³-hybridized carbons (Fsp3) is 0.240. The Kier molecular flexibility index (Phi) is 8.76. The molecule has 258 valence electrons. The van der Waals surface area contributed by atoms with E-state index < -0.39 is 0 Å². The highest BCUT2D eigenvalue weighted by molar-refractivity contribution is 5.93. The van der Waals surface area contributed by atoms with E-state index >= 15 is 0 Å². The summed E-state index contributed by atoms with van der Waals surface area (Å²) in [5.41, 5.74) is 17.4. The Morgan fingerprint density at radius 3 is 1.94 bits per heavy atom. The highest BCUT2D eigenvalue weighted by Gasteiger charge is 2.44. The Bertz CT molecular complexity index is 2310. The Balaban J connectivity index is 1.06. The van der Waals surface area contributed by atoms with E-state index in [1.165, 1.54) is 98.3 Å². The van der Waals surface area contributed by atoms with Crippen LogP contribution in [0.2, 0.25) is 0 Å². The monoisotopic (exact) mass is 676 g/mol. The lowest BCUT2D eigenvalue weighted by Gasteiger charge is -2.32. The molecule has 0 fully saturated rings. The molecule has 0 spiro atoms. The predicted molar refractivity (Wildman–Crippen MR) is 221 cm³/mol. The SMILES string of the molecule is CCCCc1ccc(-c2cccc(-c3ccc(-n4c5c(c6ccccc64)C4C6=C(C=CCC6)N(c6ccc(CCCC)cc6)C4C=C5)cc3)c2)cc1. The van der Waals surface area contributed by atoms with Gasteiger partial charge < -0.3 is 9.47 Å². The number of nitrogens with zero attached hydrogens (tertiary/aromatic N) is 2. The first-order valence-corrected chi connectivity index (χ1v) is 19.6. The number of aromatic nitrogens is 1. The number of allylic oxidation sites excluding steroid dienone is 2. The number of aryl methyl sites for hydroxylation is 2. The normalized spacial score (nSPS) is 17.5. The van der Waals surface area contributed by atoms with Crippen LogP contribution >= 0.6 is 0 Å². The van der Waals surface area contributed by atoms with Gasteiger partial charge >= 0.3 is 0 Å². The Labute approximate surface area is 309 Å². The molecular formula is C50H48N2. The fourth-order valence-corrected chi connectivity index (χ4v) is 8.96. The van der Waals surface area contributed by atoms with Gasteiger partial charge in [-0.25, -0.2) is 0 Å². The highest BCUT2D eigenvalue weighted by atomic mass is 15.2. The maximum absolute atomic E-state index is 2.62. The Morgan fingerprint density at radius 1 is 0.615 bits per heavy atom. The van der Waals surface area contributed by atoms with Crippen molar-refractivity contribution in [2.45, 2.75) is 77.2 Å². The number of fused-ring (bicyclic) bond motifs is 6. The number of hydrogen-bond donors (Lipinski definition) is 0. The molecule has 2 unspecified atom stereocenters. The van der Waals surface area contributed by atoms with Crippen molar-refractivity contribution >= 4 is 22.7 Å². The molecule has 0 bridgehead atoms. The van der Waals surface area contributed by atoms with Gasteiger partial charge in [0.1, 0.15) is 0 Å². The lowest BCUT2D eigenvalue weighted by Crippen LogP contribution is -2.33. The van der Waals surface area contributed by atoms with Crippen molar-refractivity contribution in [2.24, 2.45) is 0 Å². The quantitative estimate of drug-likeness (QED) is 0.140. The van der Waals surface area contributed by atoms with E-state index in [0.29, 0.717) is 5.92 Å². The molecule has 2 heteroatoms. The van der Waals surface area contributed by atoms with Crippen LogP contribution in [0.25, 0.3) is 44.9 Å². The van der Waals surface area contributed by atoms with Crippen molar-refractivity contribution in [2.75, 3.05) is 4.90 Å². The predicted octanol–water partition coefficient (Wildman–Crippen LogP) is 13.3. The number of unbranched alkanes of at least 4 members (excludes halogenated alkanes) is 2. The van der Waals surface area contributed by atoms with Crippen LogP contribution < -0.4 is 4.90 Å². The van der Waals surface area contributed by atoms with Gasteiger partial charge in [0.15, 0.2) is 0 Å². The maximum atomic E-state index is 2.62. The van der Waals surface area contributed by atoms with Gasteiger partial charge in [-0.3, -0.25) is 0 Å². The minimum Gasteiger partial charge on any atom is -0.334 e. The largest absolute Gasteiger partial charge is 0.334 e. The molecular weight excluding hydrogens is 629 g/mol. The van der Waals surface area contributed by atoms with Gasteiger partial charge in [-0.05, 0) is 132 Å². The van der Waals surface area contributed by atoms with Crippen molar-refractivity contribution in [1.29, 1.82) is 0 Å². The van der Waals surface area contributed by atoms with Crippen molar-refractivity contribution in [1.82, 2.24) is 4.57 Å². The standard InChI is InChI=1S/C50H48N2/c1-3-5-12-35-20-24-37(25-21-35)39-14-11-15-40(34-39)38-26-30-42(31-27-38)52-46-19-10-8-17-44(46)50-48(52)33-32-47-49(50)43-16-7-9-18-45(43)51(47)41-28-22-36(23-29-41)13-6-4-2/h8-11,14-15,17-34,47,49H,3-7,12-13,16H2,1-2H3. The van der Waals surface area contributed by atoms with E-state index in [0.717, 1.165) is 25.7 Å². The van der Waals surface area contributed by atoms with Crippen LogP contribution in [0.3, 0.4) is 0 Å². The summed E-state index contributed by atoms with van der Waals surface area (Å²) in [6, 6.07) is 46.1. The summed E-state index contributed by atoms with van der Waals surface area (Å²) in [5.74, 6) is 0.327. The van der Waals surface area contributed by atoms with Gasteiger partial charge in [0, 0.05) is 28.4 Å². The van der Waals surface area contributed by atoms with Crippen molar-refractivity contribution in [3.63, 3.8) is 0 Å². The van der Waals surface area contributed by atoms with Crippen LogP contribution in [0.1, 0.15) is 80.7 Å². The summed E-state index contributed by atoms with van der Waals surface area (Å²) in [4.78, 5) is 2.62. The van der Waals surface area contributed by atoms with E-state index in [4.69, 9.17) is 0 Å². The summed E-state index contributed by atoms with van der Waals surface area (Å²) in [7, 11) is 0. The van der Waals surface area contributed by atoms with Crippen LogP contribution in [-0.4, -0.2) is 10.6 Å². The Hall–Kier alpha value is -5.34. The van der Waals surface area contributed by atoms with Crippen LogP contribution in [0, 0.1) is 0 Å². The van der Waals surface area contributed by atoms with Crippen molar-refractivity contribution in [3.8, 4) is 27.9 Å². The second-order valence-electron chi connectivity index (χ2n) is 14.9. The van der Waals surface area contributed by atoms with E-state index in [-0.39, 0.29) is 6.04 Å². The third-order valence-corrected chi connectivity index (χ3v) is 11.6. The molecule has 2 nitrogen and oxygen atoms in total. The summed E-state index contributed by atoms with van der Waals surface area (Å²) in [6.45, 7) is 4.53. The molecule has 0 amide bonds. The minimum atomic E-state index is 0.267. The van der Waals surface area contributed by atoms with Gasteiger partial charge in [-0.15, -0.1) is 0 Å². The minimum absolute atomic E-state index is 0.267. The number of benzene rings is 5. The fourth-order valence-electron chi connectivity index (χ4n) is 8.96. The van der Waals surface area contributed by atoms with Crippen LogP contribution in [0.15, 0.2) is 151 Å². The van der Waals surface area contributed by atoms with Gasteiger partial charge in [-0.2, -0.15) is 0 Å². The van der Waals surface area contributed by atoms with E-state index in [1.807, 2.05) is 0 Å². The molecule has 3 aliphatic rings. The molecule has 1 aromatic heterocycles. The molecule has 5 aromatic carbocycles. The molecule has 9 rings (SSSR count). The number of anilines is 1. The summed E-state index contributed by atoms with van der Waals surface area (Å²) in [5, 5.41) is 1.37. The number of hydrogen-bond acceptors (Lipinski definition) is 1. The first kappa shape index (κ1) is 32.6. The second kappa shape index (κ2) is 14.0. The van der Waals surface area contributed by atoms with E-state index in [9.17, 15) is 0 Å². The first-order chi connectivity index (χ1) is 25.7. The summed E-state index contributed by atoms with van der Waals surface area (Å²) >= 11 is 0. The summed E-state index contributed by atoms with van der Waals surface area (Å²) < 4.78 is 2.50. The molecule has 0 N–H and O–H groups in total. The van der Waals surface area contributed by atoms with Crippen LogP contribution in [-0.2, 0) is 12.8 Å². The zero-order chi connectivity index (χ0) is 35.0. The number of rotatable bonds is 10. The third-order valence-electron chi connectivity index (χ3n) is 11.6. The third kappa shape index (κ3) is 5.75. The molecule has 52 heavy (non-hydrogen) atoms. The van der Waals surface area contributed by atoms with E-state index in [1.54, 1.807) is 5.57 Å². The van der Waals surface area contributed by atoms with Crippen molar-refractivity contribution < 1.29 is 0 Å². The Morgan fingerprint density at radius 2 is 1.25 bits per heavy atom. The van der Waals surface area contributed by atoms with Gasteiger partial charge in [0.05, 0.1) is 17.3 Å². The second-order valence-corrected chi connectivity index (χ2v) is 14.9. The highest BCUT2D eigenvalue weighted by Crippen LogP contribution is 2.53. The topological polar surface area (TPSA) is 8.17 Å². The molecule has 0 saturated carbocycles. The molecule has 0 saturated heterocycles. The average Bonchev–Trinajstić information content (AvgIpc) is 3.73. The van der Waals surface area contributed by atoms with Crippen LogP contribution in [0.4, 0.5) is 5.69 Å². The number of para-hydroxylation sites is 1.